The van der Waals surface area contributed by atoms with Crippen molar-refractivity contribution < 1.29 is 4.57 Å². The Bertz CT molecular complexity index is 538. The fourth-order valence-electron chi connectivity index (χ4n) is 1.69. The van der Waals surface area contributed by atoms with Crippen molar-refractivity contribution in [2.75, 3.05) is 0 Å². The molecule has 78 valence electrons. The normalized spacial score (nSPS) is 9.75. The van der Waals surface area contributed by atoms with Crippen LogP contribution < -0.4 is 4.57 Å². The van der Waals surface area contributed by atoms with Crippen LogP contribution >= 0.6 is 0 Å². The molecule has 0 aliphatic heterocycles. The Balaban J connectivity index is 2.35. The molecule has 0 aliphatic rings. The van der Waals surface area contributed by atoms with E-state index in [4.69, 9.17) is 5.26 Å². The molecule has 0 saturated carbocycles. The Morgan fingerprint density at radius 2 is 1.88 bits per heavy atom. The SMILES string of the molecule is Cc1cccc[n+]1Cc1ccccc1C#N. The Kier molecular flexibility index (Phi) is 2.98. The second-order valence-corrected chi connectivity index (χ2v) is 3.74. The molecule has 0 fully saturated rings. The Morgan fingerprint density at radius 1 is 1.12 bits per heavy atom. The van der Waals surface area contributed by atoms with E-state index < -0.39 is 0 Å². The van der Waals surface area contributed by atoms with Gasteiger partial charge in [0, 0.05) is 24.6 Å². The van der Waals surface area contributed by atoms with Crippen LogP contribution in [0.3, 0.4) is 0 Å². The molecule has 0 N–H and O–H groups in total. The van der Waals surface area contributed by atoms with Gasteiger partial charge in [-0.15, -0.1) is 0 Å². The highest BCUT2D eigenvalue weighted by Gasteiger charge is 2.08. The quantitative estimate of drug-likeness (QED) is 0.697. The molecule has 2 rings (SSSR count). The lowest BCUT2D eigenvalue weighted by atomic mass is 10.1. The molecule has 0 atom stereocenters. The van der Waals surface area contributed by atoms with Crippen molar-refractivity contribution in [3.05, 3.63) is 65.5 Å². The molecule has 0 spiro atoms. The molecule has 1 aromatic heterocycles. The first kappa shape index (κ1) is 10.4. The van der Waals surface area contributed by atoms with Crippen LogP contribution in [0.4, 0.5) is 0 Å². The van der Waals surface area contributed by atoms with Gasteiger partial charge in [-0.25, -0.2) is 0 Å². The van der Waals surface area contributed by atoms with E-state index in [1.54, 1.807) is 0 Å². The zero-order chi connectivity index (χ0) is 11.4. The molecule has 2 aromatic rings. The van der Waals surface area contributed by atoms with Gasteiger partial charge in [-0.05, 0) is 6.07 Å². The monoisotopic (exact) mass is 209 g/mol. The van der Waals surface area contributed by atoms with Crippen LogP contribution in [-0.2, 0) is 6.54 Å². The first-order chi connectivity index (χ1) is 7.81. The fourth-order valence-corrected chi connectivity index (χ4v) is 1.69. The molecule has 0 radical (unpaired) electrons. The second kappa shape index (κ2) is 4.59. The number of benzene rings is 1. The van der Waals surface area contributed by atoms with Crippen LogP contribution in [0.5, 0.6) is 0 Å². The number of pyridine rings is 1. The van der Waals surface area contributed by atoms with Gasteiger partial charge < -0.3 is 0 Å². The summed E-state index contributed by atoms with van der Waals surface area (Å²) in [7, 11) is 0. The van der Waals surface area contributed by atoms with Crippen molar-refractivity contribution in [3.63, 3.8) is 0 Å². The fraction of sp³-hybridized carbons (Fsp3) is 0.143. The summed E-state index contributed by atoms with van der Waals surface area (Å²) >= 11 is 0. The van der Waals surface area contributed by atoms with Crippen molar-refractivity contribution in [1.29, 1.82) is 5.26 Å². The minimum atomic E-state index is 0.746. The summed E-state index contributed by atoms with van der Waals surface area (Å²) in [5, 5.41) is 9.01. The zero-order valence-electron chi connectivity index (χ0n) is 9.22. The lowest BCUT2D eigenvalue weighted by Crippen LogP contribution is -2.37. The van der Waals surface area contributed by atoms with Gasteiger partial charge in [0.1, 0.15) is 0 Å². The summed E-state index contributed by atoms with van der Waals surface area (Å²) in [6.45, 7) is 2.81. The average Bonchev–Trinajstić information content (AvgIpc) is 2.33. The maximum absolute atomic E-state index is 9.01. The zero-order valence-corrected chi connectivity index (χ0v) is 9.22. The van der Waals surface area contributed by atoms with Crippen LogP contribution in [0.2, 0.25) is 0 Å². The number of aromatic nitrogens is 1. The van der Waals surface area contributed by atoms with E-state index in [1.807, 2.05) is 42.6 Å². The van der Waals surface area contributed by atoms with E-state index in [9.17, 15) is 0 Å². The Hall–Kier alpha value is -2.14. The van der Waals surface area contributed by atoms with Crippen LogP contribution in [-0.4, -0.2) is 0 Å². The number of nitriles is 1. The van der Waals surface area contributed by atoms with Gasteiger partial charge >= 0.3 is 0 Å². The highest BCUT2D eigenvalue weighted by atomic mass is 14.9. The summed E-state index contributed by atoms with van der Waals surface area (Å²) in [6, 6.07) is 16.0. The van der Waals surface area contributed by atoms with Crippen molar-refractivity contribution >= 4 is 0 Å². The molecule has 0 unspecified atom stereocenters. The van der Waals surface area contributed by atoms with Gasteiger partial charge in [-0.3, -0.25) is 0 Å². The molecule has 0 saturated heterocycles. The van der Waals surface area contributed by atoms with Crippen molar-refractivity contribution in [2.24, 2.45) is 0 Å². The highest BCUT2D eigenvalue weighted by molar-refractivity contribution is 5.36. The van der Waals surface area contributed by atoms with Crippen molar-refractivity contribution in [2.45, 2.75) is 13.5 Å². The molecule has 2 nitrogen and oxygen atoms in total. The topological polar surface area (TPSA) is 27.7 Å². The lowest BCUT2D eigenvalue weighted by Gasteiger charge is -2.02. The van der Waals surface area contributed by atoms with Gasteiger partial charge in [0.15, 0.2) is 18.4 Å². The summed E-state index contributed by atoms with van der Waals surface area (Å²) < 4.78 is 2.14. The van der Waals surface area contributed by atoms with Gasteiger partial charge in [0.2, 0.25) is 0 Å². The maximum atomic E-state index is 9.01. The summed E-state index contributed by atoms with van der Waals surface area (Å²) in [4.78, 5) is 0. The highest BCUT2D eigenvalue weighted by Crippen LogP contribution is 2.06. The van der Waals surface area contributed by atoms with E-state index >= 15 is 0 Å². The lowest BCUT2D eigenvalue weighted by molar-refractivity contribution is -0.694. The molecule has 1 aromatic carbocycles. The first-order valence-electron chi connectivity index (χ1n) is 5.24. The molecular formula is C14H13N2+. The Morgan fingerprint density at radius 3 is 2.62 bits per heavy atom. The predicted molar refractivity (Wildman–Crippen MR) is 61.6 cm³/mol. The molecule has 0 aliphatic carbocycles. The summed E-state index contributed by atoms with van der Waals surface area (Å²) in [6.07, 6.45) is 2.03. The molecule has 2 heteroatoms. The van der Waals surface area contributed by atoms with Crippen LogP contribution in [0.15, 0.2) is 48.7 Å². The third-order valence-electron chi connectivity index (χ3n) is 2.65. The number of aryl methyl sites for hydroxylation is 1. The number of hydrogen-bond acceptors (Lipinski definition) is 1. The average molecular weight is 209 g/mol. The minimum absolute atomic E-state index is 0.746. The van der Waals surface area contributed by atoms with Crippen LogP contribution in [0.1, 0.15) is 16.8 Å². The molecule has 0 amide bonds. The molecule has 0 bridgehead atoms. The van der Waals surface area contributed by atoms with Gasteiger partial charge in [0.25, 0.3) is 0 Å². The third kappa shape index (κ3) is 2.09. The smallest absolute Gasteiger partial charge is 0.178 e. The predicted octanol–water partition coefficient (Wildman–Crippen LogP) is 2.20. The molecule has 1 heterocycles. The number of hydrogen-bond donors (Lipinski definition) is 0. The van der Waals surface area contributed by atoms with Gasteiger partial charge in [-0.1, -0.05) is 24.3 Å². The van der Waals surface area contributed by atoms with Crippen molar-refractivity contribution in [3.8, 4) is 6.07 Å². The standard InChI is InChI=1S/C14H13N2/c1-12-6-4-5-9-16(12)11-14-8-3-2-7-13(14)10-15/h2-9H,11H2,1H3/q+1. The van der Waals surface area contributed by atoms with E-state index in [1.165, 1.54) is 5.69 Å². The molecular weight excluding hydrogens is 196 g/mol. The molecule has 16 heavy (non-hydrogen) atoms. The van der Waals surface area contributed by atoms with Crippen LogP contribution in [0, 0.1) is 18.3 Å². The summed E-state index contributed by atoms with van der Waals surface area (Å²) in [5.41, 5.74) is 3.00. The van der Waals surface area contributed by atoms with Crippen molar-refractivity contribution in [1.82, 2.24) is 0 Å². The maximum Gasteiger partial charge on any atom is 0.178 e. The van der Waals surface area contributed by atoms with E-state index in [0.717, 1.165) is 17.7 Å². The largest absolute Gasteiger partial charge is 0.198 e. The Labute approximate surface area is 95.4 Å². The van der Waals surface area contributed by atoms with E-state index in [0.29, 0.717) is 0 Å². The van der Waals surface area contributed by atoms with Gasteiger partial charge in [-0.2, -0.15) is 9.83 Å². The summed E-state index contributed by atoms with van der Waals surface area (Å²) in [5.74, 6) is 0. The number of rotatable bonds is 2. The number of nitrogens with zero attached hydrogens (tertiary/aromatic N) is 2. The second-order valence-electron chi connectivity index (χ2n) is 3.74. The first-order valence-corrected chi connectivity index (χ1v) is 5.24. The van der Waals surface area contributed by atoms with E-state index in [2.05, 4.69) is 23.6 Å². The van der Waals surface area contributed by atoms with Crippen LogP contribution in [0.25, 0.3) is 0 Å². The van der Waals surface area contributed by atoms with Gasteiger partial charge in [0.05, 0.1) is 11.6 Å². The van der Waals surface area contributed by atoms with E-state index in [-0.39, 0.29) is 0 Å². The minimum Gasteiger partial charge on any atom is -0.198 e. The third-order valence-corrected chi connectivity index (χ3v) is 2.65.